The first-order chi connectivity index (χ1) is 13.9. The number of nitrogens with zero attached hydrogens (tertiary/aromatic N) is 3. The van der Waals surface area contributed by atoms with Crippen molar-refractivity contribution in [1.82, 2.24) is 9.97 Å². The minimum atomic E-state index is -0.573. The van der Waals surface area contributed by atoms with Crippen molar-refractivity contribution in [2.75, 3.05) is 5.73 Å². The number of hydrogen-bond donors (Lipinski definition) is 1. The van der Waals surface area contributed by atoms with Crippen LogP contribution in [-0.4, -0.2) is 21.0 Å². The molecule has 7 nitrogen and oxygen atoms in total. The molecule has 29 heavy (non-hydrogen) atoms. The van der Waals surface area contributed by atoms with Gasteiger partial charge in [-0.05, 0) is 43.9 Å². The third-order valence-electron chi connectivity index (χ3n) is 5.03. The van der Waals surface area contributed by atoms with E-state index in [0.717, 1.165) is 32.1 Å². The van der Waals surface area contributed by atoms with Gasteiger partial charge in [-0.2, -0.15) is 0 Å². The number of nitro benzene ring substituents is 1. The van der Waals surface area contributed by atoms with Crippen LogP contribution in [0.2, 0.25) is 5.02 Å². The minimum Gasteiger partial charge on any atom is -0.483 e. The number of anilines is 1. The van der Waals surface area contributed by atoms with E-state index in [4.69, 9.17) is 22.1 Å². The van der Waals surface area contributed by atoms with Crippen molar-refractivity contribution in [2.45, 2.75) is 38.2 Å². The van der Waals surface area contributed by atoms with Gasteiger partial charge in [-0.15, -0.1) is 0 Å². The maximum absolute atomic E-state index is 13.6. The molecule has 150 valence electrons. The number of nitrogen functional groups attached to an aromatic ring is 1. The Morgan fingerprint density at radius 2 is 1.93 bits per heavy atom. The van der Waals surface area contributed by atoms with Gasteiger partial charge in [0.2, 0.25) is 5.95 Å². The number of halogens is 2. The number of ether oxygens (including phenoxy) is 1. The molecular weight excluding hydrogens is 399 g/mol. The van der Waals surface area contributed by atoms with Crippen LogP contribution < -0.4 is 10.5 Å². The monoisotopic (exact) mass is 416 g/mol. The number of nitrogens with two attached hydrogens (primary N) is 1. The predicted octanol–water partition coefficient (Wildman–Crippen LogP) is 5.29. The molecule has 1 saturated carbocycles. The standard InChI is InChI=1S/C20H18ClFN4O3/c21-14-8-11(6-7-15(14)22)19-13-9-17(26(27)28)18(10-16(13)24-20(23)25-19)29-12-4-2-1-3-5-12/h6-10,12H,1-5H2,(H2,23,24,25). The Kier molecular flexibility index (Phi) is 5.19. The summed E-state index contributed by atoms with van der Waals surface area (Å²) < 4.78 is 19.5. The summed E-state index contributed by atoms with van der Waals surface area (Å²) in [5.41, 5.74) is 6.90. The summed E-state index contributed by atoms with van der Waals surface area (Å²) in [6.45, 7) is 0. The summed E-state index contributed by atoms with van der Waals surface area (Å²) in [6.07, 6.45) is 4.88. The Labute approximate surface area is 170 Å². The van der Waals surface area contributed by atoms with Crippen LogP contribution in [0.1, 0.15) is 32.1 Å². The van der Waals surface area contributed by atoms with Crippen molar-refractivity contribution in [3.8, 4) is 17.0 Å². The van der Waals surface area contributed by atoms with Gasteiger partial charge in [0.25, 0.3) is 0 Å². The molecule has 0 unspecified atom stereocenters. The first-order valence-corrected chi connectivity index (χ1v) is 9.68. The van der Waals surface area contributed by atoms with Crippen molar-refractivity contribution in [1.29, 1.82) is 0 Å². The molecule has 0 atom stereocenters. The van der Waals surface area contributed by atoms with Gasteiger partial charge in [-0.25, -0.2) is 14.4 Å². The third kappa shape index (κ3) is 3.93. The summed E-state index contributed by atoms with van der Waals surface area (Å²) in [5.74, 6) is -0.420. The Hall–Kier alpha value is -3.00. The van der Waals surface area contributed by atoms with Crippen LogP contribution in [0, 0.1) is 15.9 Å². The molecule has 2 N–H and O–H groups in total. The molecule has 1 aliphatic carbocycles. The zero-order valence-electron chi connectivity index (χ0n) is 15.4. The van der Waals surface area contributed by atoms with E-state index in [0.29, 0.717) is 22.2 Å². The van der Waals surface area contributed by atoms with Gasteiger partial charge >= 0.3 is 5.69 Å². The molecule has 1 fully saturated rings. The second-order valence-electron chi connectivity index (χ2n) is 7.03. The van der Waals surface area contributed by atoms with E-state index >= 15 is 0 Å². The highest BCUT2D eigenvalue weighted by Gasteiger charge is 2.24. The van der Waals surface area contributed by atoms with Gasteiger partial charge in [-0.1, -0.05) is 18.0 Å². The first-order valence-electron chi connectivity index (χ1n) is 9.30. The van der Waals surface area contributed by atoms with Crippen molar-refractivity contribution in [3.05, 3.63) is 51.3 Å². The van der Waals surface area contributed by atoms with Crippen LogP contribution in [0.15, 0.2) is 30.3 Å². The Bertz CT molecular complexity index is 1100. The molecule has 0 aliphatic heterocycles. The molecule has 2 aromatic carbocycles. The van der Waals surface area contributed by atoms with Gasteiger partial charge < -0.3 is 10.5 Å². The summed E-state index contributed by atoms with van der Waals surface area (Å²) in [5, 5.41) is 12.0. The van der Waals surface area contributed by atoms with Gasteiger partial charge in [0.15, 0.2) is 5.75 Å². The molecule has 0 spiro atoms. The van der Waals surface area contributed by atoms with Crippen molar-refractivity contribution in [3.63, 3.8) is 0 Å². The lowest BCUT2D eigenvalue weighted by molar-refractivity contribution is -0.386. The molecule has 0 radical (unpaired) electrons. The average molecular weight is 417 g/mol. The number of hydrogen-bond acceptors (Lipinski definition) is 6. The number of rotatable bonds is 4. The quantitative estimate of drug-likeness (QED) is 0.457. The molecule has 0 amide bonds. The number of nitro groups is 1. The van der Waals surface area contributed by atoms with E-state index in [1.54, 1.807) is 0 Å². The van der Waals surface area contributed by atoms with E-state index < -0.39 is 10.7 Å². The molecule has 9 heteroatoms. The maximum atomic E-state index is 13.6. The van der Waals surface area contributed by atoms with Gasteiger partial charge in [-0.3, -0.25) is 10.1 Å². The highest BCUT2D eigenvalue weighted by Crippen LogP contribution is 2.38. The molecule has 3 aromatic rings. The van der Waals surface area contributed by atoms with Crippen LogP contribution in [0.4, 0.5) is 16.0 Å². The summed E-state index contributed by atoms with van der Waals surface area (Å²) in [7, 11) is 0. The molecule has 0 saturated heterocycles. The molecular formula is C20H18ClFN4O3. The van der Waals surface area contributed by atoms with Crippen molar-refractivity contribution in [2.24, 2.45) is 0 Å². The third-order valence-corrected chi connectivity index (χ3v) is 5.32. The number of benzene rings is 2. The van der Waals surface area contributed by atoms with Crippen LogP contribution in [0.5, 0.6) is 5.75 Å². The molecule has 1 aromatic heterocycles. The molecule has 1 heterocycles. The largest absolute Gasteiger partial charge is 0.483 e. The molecule has 1 aliphatic rings. The zero-order valence-corrected chi connectivity index (χ0v) is 16.2. The fraction of sp³-hybridized carbons (Fsp3) is 0.300. The normalized spacial score (nSPS) is 14.8. The lowest BCUT2D eigenvalue weighted by atomic mass is 9.97. The summed E-state index contributed by atoms with van der Waals surface area (Å²) >= 11 is 5.89. The minimum absolute atomic E-state index is 0.00887. The average Bonchev–Trinajstić information content (AvgIpc) is 2.69. The van der Waals surface area contributed by atoms with E-state index in [2.05, 4.69) is 9.97 Å². The van der Waals surface area contributed by atoms with Crippen molar-refractivity contribution >= 4 is 34.1 Å². The predicted molar refractivity (Wildman–Crippen MR) is 109 cm³/mol. The fourth-order valence-electron chi connectivity index (χ4n) is 3.63. The molecule has 0 bridgehead atoms. The topological polar surface area (TPSA) is 104 Å². The zero-order chi connectivity index (χ0) is 20.5. The van der Waals surface area contributed by atoms with Crippen LogP contribution in [0.25, 0.3) is 22.2 Å². The Morgan fingerprint density at radius 3 is 2.62 bits per heavy atom. The smallest absolute Gasteiger partial charge is 0.311 e. The van der Waals surface area contributed by atoms with Crippen LogP contribution >= 0.6 is 11.6 Å². The van der Waals surface area contributed by atoms with Crippen molar-refractivity contribution < 1.29 is 14.1 Å². The van der Waals surface area contributed by atoms with Gasteiger partial charge in [0, 0.05) is 23.1 Å². The van der Waals surface area contributed by atoms with E-state index in [9.17, 15) is 14.5 Å². The Balaban J connectivity index is 1.87. The van der Waals surface area contributed by atoms with E-state index in [-0.39, 0.29) is 28.5 Å². The second kappa shape index (κ2) is 7.79. The number of aromatic nitrogens is 2. The number of fused-ring (bicyclic) bond motifs is 1. The Morgan fingerprint density at radius 1 is 1.17 bits per heavy atom. The van der Waals surface area contributed by atoms with Gasteiger partial charge in [0.05, 0.1) is 27.3 Å². The van der Waals surface area contributed by atoms with Gasteiger partial charge in [0.1, 0.15) is 5.82 Å². The highest BCUT2D eigenvalue weighted by molar-refractivity contribution is 6.31. The van der Waals surface area contributed by atoms with Crippen LogP contribution in [-0.2, 0) is 0 Å². The summed E-state index contributed by atoms with van der Waals surface area (Å²) in [6, 6.07) is 6.99. The molecule has 4 rings (SSSR count). The second-order valence-corrected chi connectivity index (χ2v) is 7.44. The van der Waals surface area contributed by atoms with E-state index in [1.807, 2.05) is 0 Å². The lowest BCUT2D eigenvalue weighted by Crippen LogP contribution is -2.20. The first kappa shape index (κ1) is 19.3. The summed E-state index contributed by atoms with van der Waals surface area (Å²) in [4.78, 5) is 19.6. The highest BCUT2D eigenvalue weighted by atomic mass is 35.5. The SMILES string of the molecule is Nc1nc(-c2ccc(F)c(Cl)c2)c2cc([N+](=O)[O-])c(OC3CCCCC3)cc2n1. The van der Waals surface area contributed by atoms with E-state index in [1.165, 1.54) is 30.3 Å². The maximum Gasteiger partial charge on any atom is 0.311 e. The fourth-order valence-corrected chi connectivity index (χ4v) is 3.81. The van der Waals surface area contributed by atoms with Crippen LogP contribution in [0.3, 0.4) is 0 Å². The lowest BCUT2D eigenvalue weighted by Gasteiger charge is -2.23.